The topological polar surface area (TPSA) is 85.4 Å². The predicted octanol–water partition coefficient (Wildman–Crippen LogP) is 0.534. The zero-order valence-electron chi connectivity index (χ0n) is 14.6. The first-order valence-electron chi connectivity index (χ1n) is 8.87. The van der Waals surface area contributed by atoms with Gasteiger partial charge in [-0.1, -0.05) is 30.3 Å². The summed E-state index contributed by atoms with van der Waals surface area (Å²) in [6.07, 6.45) is 1.27. The lowest BCUT2D eigenvalue weighted by atomic mass is 9.88. The Balaban J connectivity index is 0.00000225. The smallest absolute Gasteiger partial charge is 0.238 e. The van der Waals surface area contributed by atoms with Crippen LogP contribution in [0.2, 0.25) is 0 Å². The minimum Gasteiger partial charge on any atom is -0.393 e. The Morgan fingerprint density at radius 1 is 1.32 bits per heavy atom. The number of nitrogens with one attached hydrogen (secondary N) is 4. The number of aliphatic hydroxyl groups excluding tert-OH is 1. The maximum atomic E-state index is 12.6. The predicted molar refractivity (Wildman–Crippen MR) is 101 cm³/mol. The molecule has 0 bridgehead atoms. The third-order valence-electron chi connectivity index (χ3n) is 5.08. The normalized spacial score (nSPS) is 27.7. The first-order valence-corrected chi connectivity index (χ1v) is 8.87. The zero-order valence-corrected chi connectivity index (χ0v) is 15.4. The number of fused-ring (bicyclic) bond motifs is 1. The van der Waals surface area contributed by atoms with Crippen molar-refractivity contribution in [3.63, 3.8) is 0 Å². The van der Waals surface area contributed by atoms with Gasteiger partial charge in [0.15, 0.2) is 0 Å². The lowest BCUT2D eigenvalue weighted by Crippen LogP contribution is -2.49. The maximum Gasteiger partial charge on any atom is 0.238 e. The molecule has 140 valence electrons. The molecule has 2 fully saturated rings. The number of hydrogen-bond donors (Lipinski definition) is 5. The summed E-state index contributed by atoms with van der Waals surface area (Å²) in [5.41, 5.74) is 7.55. The fourth-order valence-corrected chi connectivity index (χ4v) is 3.78. The highest BCUT2D eigenvalue weighted by atomic mass is 35.5. The van der Waals surface area contributed by atoms with Gasteiger partial charge in [0.25, 0.3) is 0 Å². The molecule has 6 nitrogen and oxygen atoms in total. The van der Waals surface area contributed by atoms with Gasteiger partial charge in [0, 0.05) is 31.0 Å². The molecule has 2 saturated heterocycles. The van der Waals surface area contributed by atoms with Gasteiger partial charge in [0.1, 0.15) is 6.04 Å². The average molecular weight is 369 g/mol. The van der Waals surface area contributed by atoms with E-state index >= 15 is 0 Å². The number of rotatable bonds is 6. The summed E-state index contributed by atoms with van der Waals surface area (Å²) in [5.74, 6) is 0.431. The van der Waals surface area contributed by atoms with E-state index in [1.807, 2.05) is 18.2 Å². The van der Waals surface area contributed by atoms with E-state index in [0.29, 0.717) is 19.0 Å². The molecule has 7 heteroatoms. The summed E-state index contributed by atoms with van der Waals surface area (Å²) in [7, 11) is 0. The first-order chi connectivity index (χ1) is 11.6. The maximum absolute atomic E-state index is 12.6. The van der Waals surface area contributed by atoms with Crippen molar-refractivity contribution in [3.8, 4) is 0 Å². The molecule has 3 rings (SSSR count). The Hall–Kier alpha value is -1.18. The molecule has 2 heterocycles. The molecule has 0 aliphatic carbocycles. The Bertz CT molecular complexity index is 543. The van der Waals surface area contributed by atoms with Crippen LogP contribution in [0.15, 0.2) is 30.3 Å². The summed E-state index contributed by atoms with van der Waals surface area (Å²) in [5, 5.41) is 16.2. The summed E-state index contributed by atoms with van der Waals surface area (Å²) in [6, 6.07) is 10.2. The number of hydrazine groups is 1. The van der Waals surface area contributed by atoms with Crippen LogP contribution >= 0.6 is 12.4 Å². The molecule has 1 aromatic rings. The molecule has 1 aromatic carbocycles. The minimum atomic E-state index is -0.398. The van der Waals surface area contributed by atoms with E-state index in [2.05, 4.69) is 33.6 Å². The summed E-state index contributed by atoms with van der Waals surface area (Å²) in [6.45, 7) is 4.18. The highest BCUT2D eigenvalue weighted by molar-refractivity contribution is 5.85. The SMILES string of the molecule is CC(O)CC(CNC(=O)C1NNC2CCNCC21)c1ccccc1.Cl. The van der Waals surface area contributed by atoms with Gasteiger partial charge in [-0.25, -0.2) is 5.43 Å². The Morgan fingerprint density at radius 2 is 2.08 bits per heavy atom. The third kappa shape index (κ3) is 5.15. The van der Waals surface area contributed by atoms with Gasteiger partial charge in [-0.15, -0.1) is 12.4 Å². The molecular weight excluding hydrogens is 340 g/mol. The fraction of sp³-hybridized carbons (Fsp3) is 0.611. The molecular formula is C18H29ClN4O2. The van der Waals surface area contributed by atoms with Gasteiger partial charge in [-0.05, 0) is 31.9 Å². The number of piperidine rings is 1. The van der Waals surface area contributed by atoms with Gasteiger partial charge in [0.05, 0.1) is 6.10 Å². The van der Waals surface area contributed by atoms with Crippen molar-refractivity contribution in [2.75, 3.05) is 19.6 Å². The van der Waals surface area contributed by atoms with Gasteiger partial charge in [0.2, 0.25) is 5.91 Å². The number of hydrogen-bond acceptors (Lipinski definition) is 5. The van der Waals surface area contributed by atoms with Crippen LogP contribution in [-0.2, 0) is 4.79 Å². The van der Waals surface area contributed by atoms with Crippen LogP contribution in [0, 0.1) is 5.92 Å². The lowest BCUT2D eigenvalue weighted by molar-refractivity contribution is -0.124. The molecule has 2 aliphatic rings. The van der Waals surface area contributed by atoms with Crippen molar-refractivity contribution in [3.05, 3.63) is 35.9 Å². The van der Waals surface area contributed by atoms with Crippen LogP contribution in [0.3, 0.4) is 0 Å². The van der Waals surface area contributed by atoms with Crippen molar-refractivity contribution in [2.45, 2.75) is 43.9 Å². The van der Waals surface area contributed by atoms with Crippen LogP contribution in [0.25, 0.3) is 0 Å². The van der Waals surface area contributed by atoms with Crippen LogP contribution < -0.4 is 21.5 Å². The average Bonchev–Trinajstić information content (AvgIpc) is 3.03. The molecule has 5 N–H and O–H groups in total. The van der Waals surface area contributed by atoms with Gasteiger partial charge < -0.3 is 15.7 Å². The molecule has 5 unspecified atom stereocenters. The van der Waals surface area contributed by atoms with E-state index in [9.17, 15) is 9.90 Å². The standard InChI is InChI=1S/C18H28N4O2.ClH/c1-12(23)9-14(13-5-3-2-4-6-13)10-20-18(24)17-15-11-19-8-7-16(15)21-22-17;/h2-6,12,14-17,19,21-23H,7-11H2,1H3,(H,20,24);1H. The number of carbonyl (C=O) groups excluding carboxylic acids is 1. The number of benzene rings is 1. The van der Waals surface area contributed by atoms with Crippen LogP contribution in [0.4, 0.5) is 0 Å². The summed E-state index contributed by atoms with van der Waals surface area (Å²) < 4.78 is 0. The molecule has 0 aromatic heterocycles. The Kier molecular flexibility index (Phi) is 7.65. The minimum absolute atomic E-state index is 0. The second kappa shape index (κ2) is 9.50. The van der Waals surface area contributed by atoms with Gasteiger partial charge >= 0.3 is 0 Å². The van der Waals surface area contributed by atoms with Gasteiger partial charge in [-0.2, -0.15) is 0 Å². The van der Waals surface area contributed by atoms with Crippen molar-refractivity contribution in [2.24, 2.45) is 5.92 Å². The summed E-state index contributed by atoms with van der Waals surface area (Å²) in [4.78, 5) is 12.6. The fourth-order valence-electron chi connectivity index (χ4n) is 3.78. The van der Waals surface area contributed by atoms with E-state index in [0.717, 1.165) is 25.1 Å². The van der Waals surface area contributed by atoms with E-state index in [1.54, 1.807) is 6.92 Å². The molecule has 0 radical (unpaired) electrons. The molecule has 2 aliphatic heterocycles. The molecule has 1 amide bonds. The molecule has 0 saturated carbocycles. The number of amides is 1. The molecule has 25 heavy (non-hydrogen) atoms. The second-order valence-electron chi connectivity index (χ2n) is 6.97. The quantitative estimate of drug-likeness (QED) is 0.506. The van der Waals surface area contributed by atoms with E-state index in [-0.39, 0.29) is 36.2 Å². The zero-order chi connectivity index (χ0) is 16.9. The Morgan fingerprint density at radius 3 is 2.80 bits per heavy atom. The third-order valence-corrected chi connectivity index (χ3v) is 5.08. The van der Waals surface area contributed by atoms with Gasteiger partial charge in [-0.3, -0.25) is 10.2 Å². The van der Waals surface area contributed by atoms with Crippen LogP contribution in [0.1, 0.15) is 31.2 Å². The highest BCUT2D eigenvalue weighted by Gasteiger charge is 2.41. The van der Waals surface area contributed by atoms with Crippen molar-refractivity contribution < 1.29 is 9.90 Å². The van der Waals surface area contributed by atoms with E-state index < -0.39 is 6.10 Å². The van der Waals surface area contributed by atoms with Crippen molar-refractivity contribution in [1.82, 2.24) is 21.5 Å². The second-order valence-corrected chi connectivity index (χ2v) is 6.97. The monoisotopic (exact) mass is 368 g/mol. The number of aliphatic hydroxyl groups is 1. The van der Waals surface area contributed by atoms with Crippen molar-refractivity contribution >= 4 is 18.3 Å². The largest absolute Gasteiger partial charge is 0.393 e. The lowest BCUT2D eigenvalue weighted by Gasteiger charge is -2.28. The Labute approximate surface area is 155 Å². The number of carbonyl (C=O) groups is 1. The highest BCUT2D eigenvalue weighted by Crippen LogP contribution is 2.22. The van der Waals surface area contributed by atoms with E-state index in [4.69, 9.17) is 0 Å². The van der Waals surface area contributed by atoms with Crippen molar-refractivity contribution in [1.29, 1.82) is 0 Å². The first kappa shape index (κ1) is 20.1. The van der Waals surface area contributed by atoms with E-state index in [1.165, 1.54) is 0 Å². The van der Waals surface area contributed by atoms with Crippen LogP contribution in [-0.4, -0.2) is 48.8 Å². The molecule has 5 atom stereocenters. The number of halogens is 1. The summed E-state index contributed by atoms with van der Waals surface area (Å²) >= 11 is 0. The molecule has 0 spiro atoms. The van der Waals surface area contributed by atoms with Crippen LogP contribution in [0.5, 0.6) is 0 Å².